The SMILES string of the molecule is Nc1c(Cl)cccc1C(=O)c1ccc(Br)c2ccccc12. The van der Waals surface area contributed by atoms with E-state index in [4.69, 9.17) is 17.3 Å². The fourth-order valence-electron chi connectivity index (χ4n) is 2.34. The number of rotatable bonds is 2. The Kier molecular flexibility index (Phi) is 3.70. The van der Waals surface area contributed by atoms with Gasteiger partial charge < -0.3 is 5.73 Å². The molecule has 0 fully saturated rings. The van der Waals surface area contributed by atoms with Gasteiger partial charge in [-0.25, -0.2) is 0 Å². The number of hydrogen-bond donors (Lipinski definition) is 1. The molecule has 21 heavy (non-hydrogen) atoms. The predicted octanol–water partition coefficient (Wildman–Crippen LogP) is 5.07. The Labute approximate surface area is 135 Å². The molecule has 0 saturated carbocycles. The van der Waals surface area contributed by atoms with E-state index in [1.54, 1.807) is 24.3 Å². The minimum Gasteiger partial charge on any atom is -0.397 e. The van der Waals surface area contributed by atoms with Gasteiger partial charge in [0.2, 0.25) is 0 Å². The number of para-hydroxylation sites is 1. The zero-order valence-electron chi connectivity index (χ0n) is 10.9. The fourth-order valence-corrected chi connectivity index (χ4v) is 2.99. The first-order chi connectivity index (χ1) is 10.1. The molecular weight excluding hydrogens is 350 g/mol. The molecule has 0 heterocycles. The maximum atomic E-state index is 12.8. The summed E-state index contributed by atoms with van der Waals surface area (Å²) in [6.07, 6.45) is 0. The number of halogens is 2. The summed E-state index contributed by atoms with van der Waals surface area (Å²) in [5.74, 6) is -0.126. The Morgan fingerprint density at radius 3 is 2.38 bits per heavy atom. The van der Waals surface area contributed by atoms with Crippen LogP contribution in [0.25, 0.3) is 10.8 Å². The molecule has 0 aliphatic rings. The van der Waals surface area contributed by atoms with Crippen molar-refractivity contribution in [2.75, 3.05) is 5.73 Å². The zero-order valence-corrected chi connectivity index (χ0v) is 13.3. The van der Waals surface area contributed by atoms with E-state index in [0.717, 1.165) is 15.2 Å². The molecule has 2 N–H and O–H groups in total. The van der Waals surface area contributed by atoms with Gasteiger partial charge in [0.15, 0.2) is 5.78 Å². The number of carbonyl (C=O) groups excluding carboxylic acids is 1. The normalized spacial score (nSPS) is 10.8. The van der Waals surface area contributed by atoms with Crippen molar-refractivity contribution in [2.45, 2.75) is 0 Å². The van der Waals surface area contributed by atoms with Crippen molar-refractivity contribution in [3.63, 3.8) is 0 Å². The van der Waals surface area contributed by atoms with Crippen molar-refractivity contribution in [1.29, 1.82) is 0 Å². The average Bonchev–Trinajstić information content (AvgIpc) is 2.50. The van der Waals surface area contributed by atoms with Crippen LogP contribution in [0, 0.1) is 0 Å². The smallest absolute Gasteiger partial charge is 0.195 e. The van der Waals surface area contributed by atoms with Gasteiger partial charge in [0.05, 0.1) is 10.7 Å². The van der Waals surface area contributed by atoms with Gasteiger partial charge in [-0.2, -0.15) is 0 Å². The molecule has 0 aliphatic heterocycles. The lowest BCUT2D eigenvalue weighted by Crippen LogP contribution is -2.06. The van der Waals surface area contributed by atoms with Gasteiger partial charge in [-0.1, -0.05) is 57.9 Å². The highest BCUT2D eigenvalue weighted by Gasteiger charge is 2.17. The topological polar surface area (TPSA) is 43.1 Å². The van der Waals surface area contributed by atoms with Crippen molar-refractivity contribution in [1.82, 2.24) is 0 Å². The zero-order chi connectivity index (χ0) is 15.0. The van der Waals surface area contributed by atoms with Crippen molar-refractivity contribution >= 4 is 49.8 Å². The Morgan fingerprint density at radius 2 is 1.62 bits per heavy atom. The first kappa shape index (κ1) is 14.1. The minimum absolute atomic E-state index is 0.126. The third kappa shape index (κ3) is 2.43. The molecular formula is C17H11BrClNO. The van der Waals surface area contributed by atoms with Gasteiger partial charge >= 0.3 is 0 Å². The van der Waals surface area contributed by atoms with Crippen LogP contribution in [0.1, 0.15) is 15.9 Å². The molecule has 0 bridgehead atoms. The first-order valence-electron chi connectivity index (χ1n) is 6.35. The number of carbonyl (C=O) groups is 1. The molecule has 0 unspecified atom stereocenters. The van der Waals surface area contributed by atoms with Crippen molar-refractivity contribution < 1.29 is 4.79 Å². The van der Waals surface area contributed by atoms with Crippen LogP contribution in [0.3, 0.4) is 0 Å². The number of ketones is 1. The Balaban J connectivity index is 2.23. The summed E-state index contributed by atoms with van der Waals surface area (Å²) < 4.78 is 0.953. The molecule has 3 rings (SSSR count). The molecule has 0 radical (unpaired) electrons. The second-order valence-electron chi connectivity index (χ2n) is 4.67. The van der Waals surface area contributed by atoms with Crippen LogP contribution < -0.4 is 5.73 Å². The van der Waals surface area contributed by atoms with Crippen LogP contribution in [-0.2, 0) is 0 Å². The fraction of sp³-hybridized carbons (Fsp3) is 0. The first-order valence-corrected chi connectivity index (χ1v) is 7.52. The summed E-state index contributed by atoms with van der Waals surface area (Å²) in [7, 11) is 0. The second-order valence-corrected chi connectivity index (χ2v) is 5.93. The average molecular weight is 361 g/mol. The highest BCUT2D eigenvalue weighted by Crippen LogP contribution is 2.30. The van der Waals surface area contributed by atoms with Gasteiger partial charge in [-0.15, -0.1) is 0 Å². The lowest BCUT2D eigenvalue weighted by molar-refractivity contribution is 0.104. The standard InChI is InChI=1S/C17H11BrClNO/c18-14-9-8-12(10-4-1-2-5-11(10)14)17(21)13-6-3-7-15(19)16(13)20/h1-9H,20H2. The summed E-state index contributed by atoms with van der Waals surface area (Å²) in [5.41, 5.74) is 7.29. The van der Waals surface area contributed by atoms with Gasteiger partial charge in [0, 0.05) is 15.6 Å². The van der Waals surface area contributed by atoms with E-state index in [-0.39, 0.29) is 5.78 Å². The number of benzene rings is 3. The molecule has 0 amide bonds. The van der Waals surface area contributed by atoms with Crippen LogP contribution in [0.2, 0.25) is 5.02 Å². The monoisotopic (exact) mass is 359 g/mol. The summed E-state index contributed by atoms with van der Waals surface area (Å²) in [4.78, 5) is 12.8. The van der Waals surface area contributed by atoms with E-state index in [2.05, 4.69) is 15.9 Å². The second kappa shape index (κ2) is 5.51. The Morgan fingerprint density at radius 1 is 0.905 bits per heavy atom. The van der Waals surface area contributed by atoms with E-state index in [1.165, 1.54) is 0 Å². The maximum absolute atomic E-state index is 12.8. The van der Waals surface area contributed by atoms with Crippen molar-refractivity contribution in [3.05, 3.63) is 75.2 Å². The van der Waals surface area contributed by atoms with Gasteiger partial charge in [0.25, 0.3) is 0 Å². The highest BCUT2D eigenvalue weighted by atomic mass is 79.9. The number of hydrogen-bond acceptors (Lipinski definition) is 2. The van der Waals surface area contributed by atoms with Crippen LogP contribution in [0.4, 0.5) is 5.69 Å². The van der Waals surface area contributed by atoms with E-state index >= 15 is 0 Å². The lowest BCUT2D eigenvalue weighted by atomic mass is 9.96. The van der Waals surface area contributed by atoms with Crippen LogP contribution in [0.5, 0.6) is 0 Å². The quantitative estimate of drug-likeness (QED) is 0.512. The summed E-state index contributed by atoms with van der Waals surface area (Å²) in [6.45, 7) is 0. The van der Waals surface area contributed by atoms with E-state index in [9.17, 15) is 4.79 Å². The van der Waals surface area contributed by atoms with Crippen LogP contribution >= 0.6 is 27.5 Å². The molecule has 104 valence electrons. The number of nitrogens with two attached hydrogens (primary N) is 1. The molecule has 0 atom stereocenters. The van der Waals surface area contributed by atoms with Crippen LogP contribution in [0.15, 0.2) is 59.1 Å². The molecule has 3 aromatic rings. The number of anilines is 1. The molecule has 0 aliphatic carbocycles. The van der Waals surface area contributed by atoms with Gasteiger partial charge in [-0.05, 0) is 35.0 Å². The third-order valence-corrected chi connectivity index (χ3v) is 4.43. The van der Waals surface area contributed by atoms with Crippen molar-refractivity contribution in [2.24, 2.45) is 0 Å². The maximum Gasteiger partial charge on any atom is 0.195 e. The molecule has 0 saturated heterocycles. The largest absolute Gasteiger partial charge is 0.397 e. The molecule has 2 nitrogen and oxygen atoms in total. The highest BCUT2D eigenvalue weighted by molar-refractivity contribution is 9.10. The third-order valence-electron chi connectivity index (χ3n) is 3.41. The van der Waals surface area contributed by atoms with Crippen LogP contribution in [-0.4, -0.2) is 5.78 Å². The van der Waals surface area contributed by atoms with Gasteiger partial charge in [0.1, 0.15) is 0 Å². The summed E-state index contributed by atoms with van der Waals surface area (Å²) in [5, 5.41) is 2.27. The molecule has 0 aromatic heterocycles. The molecule has 4 heteroatoms. The van der Waals surface area contributed by atoms with E-state index in [0.29, 0.717) is 21.8 Å². The summed E-state index contributed by atoms with van der Waals surface area (Å²) in [6, 6.07) is 16.5. The van der Waals surface area contributed by atoms with E-state index in [1.807, 2.05) is 30.3 Å². The Bertz CT molecular complexity index is 861. The Hall–Kier alpha value is -1.84. The number of fused-ring (bicyclic) bond motifs is 1. The predicted molar refractivity (Wildman–Crippen MR) is 90.9 cm³/mol. The van der Waals surface area contributed by atoms with E-state index < -0.39 is 0 Å². The molecule has 3 aromatic carbocycles. The lowest BCUT2D eigenvalue weighted by Gasteiger charge is -2.10. The summed E-state index contributed by atoms with van der Waals surface area (Å²) >= 11 is 9.51. The minimum atomic E-state index is -0.126. The van der Waals surface area contributed by atoms with Crippen molar-refractivity contribution in [3.8, 4) is 0 Å². The van der Waals surface area contributed by atoms with Gasteiger partial charge in [-0.3, -0.25) is 4.79 Å². The molecule has 0 spiro atoms. The number of nitrogen functional groups attached to an aromatic ring is 1.